The number of anilines is 1. The summed E-state index contributed by atoms with van der Waals surface area (Å²) in [7, 11) is 6.31. The van der Waals surface area contributed by atoms with Crippen molar-refractivity contribution in [3.8, 4) is 34.1 Å². The number of hydrogen-bond acceptors (Lipinski definition) is 8. The Hall–Kier alpha value is -5.19. The normalized spacial score (nSPS) is 15.2. The monoisotopic (exact) mass is 626 g/mol. The molecule has 3 aromatic carbocycles. The third-order valence-corrected chi connectivity index (χ3v) is 8.88. The van der Waals surface area contributed by atoms with Crippen molar-refractivity contribution in [2.75, 3.05) is 46.8 Å². The molecule has 0 bridgehead atoms. The zero-order valence-electron chi connectivity index (χ0n) is 26.7. The van der Waals surface area contributed by atoms with Crippen LogP contribution in [0.4, 0.5) is 5.69 Å². The van der Waals surface area contributed by atoms with Crippen LogP contribution in [0.15, 0.2) is 47.3 Å². The summed E-state index contributed by atoms with van der Waals surface area (Å²) >= 11 is 0. The molecule has 0 unspecified atom stereocenters. The lowest BCUT2D eigenvalue weighted by Gasteiger charge is -2.27. The summed E-state index contributed by atoms with van der Waals surface area (Å²) in [5.41, 5.74) is 6.27. The number of aromatic nitrogens is 1. The molecular formula is C35H38N4O7. The van der Waals surface area contributed by atoms with Crippen molar-refractivity contribution in [1.82, 2.24) is 15.2 Å². The topological polar surface area (TPSA) is 131 Å². The maximum atomic E-state index is 13.7. The van der Waals surface area contributed by atoms with Crippen LogP contribution in [0.5, 0.6) is 23.0 Å². The molecule has 4 aromatic rings. The number of ether oxygens (including phenoxy) is 4. The summed E-state index contributed by atoms with van der Waals surface area (Å²) in [4.78, 5) is 44.6. The van der Waals surface area contributed by atoms with E-state index < -0.39 is 6.04 Å². The molecule has 1 atom stereocenters. The largest absolute Gasteiger partial charge is 0.497 e. The van der Waals surface area contributed by atoms with E-state index in [4.69, 9.17) is 18.9 Å². The summed E-state index contributed by atoms with van der Waals surface area (Å²) in [6.07, 6.45) is 1.86. The lowest BCUT2D eigenvalue weighted by atomic mass is 9.95. The Morgan fingerprint density at radius 1 is 0.957 bits per heavy atom. The molecule has 0 fully saturated rings. The second-order valence-electron chi connectivity index (χ2n) is 11.5. The zero-order chi connectivity index (χ0) is 32.5. The molecule has 2 aliphatic rings. The minimum absolute atomic E-state index is 0.0506. The third kappa shape index (κ3) is 5.57. The van der Waals surface area contributed by atoms with Gasteiger partial charge < -0.3 is 39.5 Å². The van der Waals surface area contributed by atoms with Gasteiger partial charge in [-0.15, -0.1) is 0 Å². The minimum Gasteiger partial charge on any atom is -0.497 e. The number of methoxy groups -OCH3 is 4. The number of carbonyl (C=O) groups excluding carboxylic acids is 2. The van der Waals surface area contributed by atoms with Crippen LogP contribution in [0.25, 0.3) is 22.0 Å². The van der Waals surface area contributed by atoms with E-state index >= 15 is 0 Å². The Kier molecular flexibility index (Phi) is 8.48. The van der Waals surface area contributed by atoms with Gasteiger partial charge in [-0.05, 0) is 65.9 Å². The number of aryl methyl sites for hydroxylation is 1. The first kappa shape index (κ1) is 30.8. The van der Waals surface area contributed by atoms with Crippen molar-refractivity contribution in [1.29, 1.82) is 0 Å². The van der Waals surface area contributed by atoms with Crippen LogP contribution in [-0.2, 0) is 29.0 Å². The molecule has 3 N–H and O–H groups in total. The van der Waals surface area contributed by atoms with E-state index in [0.717, 1.165) is 44.6 Å². The van der Waals surface area contributed by atoms with Crippen LogP contribution >= 0.6 is 0 Å². The standard InChI is InChI=1S/C35H38N4O7/c1-19(40)37-26-9-6-20-14-31(44-3)34(45-4)35(46-5)33(20)22-8-11-29(30(41)16-24(22)26)36-17-32(42)39-13-12-28-25(18-39)23-15-21(43-2)7-10-27(23)38-28/h7-8,10-11,14-16,26,38H,6,9,12-13,17-18H2,1-5H3,(H,36,41)(H,37,40)/t26-/m0/s1. The molecular weight excluding hydrogens is 588 g/mol. The van der Waals surface area contributed by atoms with Crippen molar-refractivity contribution >= 4 is 28.4 Å². The highest BCUT2D eigenvalue weighted by molar-refractivity contribution is 5.88. The molecule has 0 saturated heterocycles. The number of fused-ring (bicyclic) bond motifs is 6. The predicted molar refractivity (Wildman–Crippen MR) is 175 cm³/mol. The molecule has 0 radical (unpaired) electrons. The molecule has 2 heterocycles. The Morgan fingerprint density at radius 2 is 1.76 bits per heavy atom. The number of nitrogens with one attached hydrogen (secondary N) is 3. The van der Waals surface area contributed by atoms with Crippen LogP contribution in [0.2, 0.25) is 0 Å². The van der Waals surface area contributed by atoms with Gasteiger partial charge in [-0.25, -0.2) is 0 Å². The van der Waals surface area contributed by atoms with Gasteiger partial charge >= 0.3 is 0 Å². The maximum Gasteiger partial charge on any atom is 0.242 e. The Balaban J connectivity index is 1.32. The van der Waals surface area contributed by atoms with Crippen molar-refractivity contribution in [2.24, 2.45) is 0 Å². The maximum absolute atomic E-state index is 13.7. The number of amides is 2. The Labute approximate surface area is 266 Å². The second-order valence-corrected chi connectivity index (χ2v) is 11.5. The van der Waals surface area contributed by atoms with Crippen LogP contribution in [0.3, 0.4) is 0 Å². The average molecular weight is 627 g/mol. The summed E-state index contributed by atoms with van der Waals surface area (Å²) in [6, 6.07) is 12.4. The van der Waals surface area contributed by atoms with Gasteiger partial charge in [0.15, 0.2) is 11.5 Å². The second kappa shape index (κ2) is 12.7. The SMILES string of the molecule is COc1ccc2[nH]c3c(c2c1)CN(C(=O)CNc1ccc2c(cc1=O)[C@@H](NC(C)=O)CCc1cc(OC)c(OC)c(OC)c1-2)CC3. The highest BCUT2D eigenvalue weighted by Crippen LogP contribution is 2.50. The number of nitrogens with zero attached hydrogens (tertiary/aromatic N) is 1. The molecule has 1 aromatic heterocycles. The van der Waals surface area contributed by atoms with E-state index in [1.807, 2.05) is 30.3 Å². The molecule has 46 heavy (non-hydrogen) atoms. The molecule has 1 aliphatic heterocycles. The summed E-state index contributed by atoms with van der Waals surface area (Å²) in [5.74, 6) is 1.88. The summed E-state index contributed by atoms with van der Waals surface area (Å²) in [6.45, 7) is 2.44. The Morgan fingerprint density at radius 3 is 2.48 bits per heavy atom. The smallest absolute Gasteiger partial charge is 0.242 e. The molecule has 6 rings (SSSR count). The van der Waals surface area contributed by atoms with Crippen LogP contribution in [0, 0.1) is 0 Å². The number of aromatic amines is 1. The number of H-pyrrole nitrogens is 1. The first-order valence-corrected chi connectivity index (χ1v) is 15.2. The van der Waals surface area contributed by atoms with E-state index in [0.29, 0.717) is 55.2 Å². The van der Waals surface area contributed by atoms with E-state index in [1.54, 1.807) is 45.5 Å². The fourth-order valence-electron chi connectivity index (χ4n) is 6.67. The Bertz CT molecular complexity index is 1900. The van der Waals surface area contributed by atoms with Gasteiger partial charge in [0.1, 0.15) is 5.75 Å². The van der Waals surface area contributed by atoms with Gasteiger partial charge in [-0.3, -0.25) is 14.4 Å². The average Bonchev–Trinajstić information content (AvgIpc) is 3.26. The number of hydrogen-bond donors (Lipinski definition) is 3. The van der Waals surface area contributed by atoms with Crippen molar-refractivity contribution in [3.05, 3.63) is 75.1 Å². The van der Waals surface area contributed by atoms with Gasteiger partial charge in [0.05, 0.1) is 46.7 Å². The van der Waals surface area contributed by atoms with E-state index in [1.165, 1.54) is 6.92 Å². The number of benzene rings is 2. The first-order chi connectivity index (χ1) is 22.3. The van der Waals surface area contributed by atoms with Crippen molar-refractivity contribution in [3.63, 3.8) is 0 Å². The van der Waals surface area contributed by atoms with Gasteiger partial charge in [-0.1, -0.05) is 6.07 Å². The molecule has 0 saturated carbocycles. The van der Waals surface area contributed by atoms with Gasteiger partial charge in [-0.2, -0.15) is 0 Å². The van der Waals surface area contributed by atoms with Gasteiger partial charge in [0, 0.05) is 54.2 Å². The van der Waals surface area contributed by atoms with Gasteiger partial charge in [0.2, 0.25) is 23.0 Å². The van der Waals surface area contributed by atoms with Crippen molar-refractivity contribution < 1.29 is 28.5 Å². The van der Waals surface area contributed by atoms with Crippen LogP contribution in [-0.4, -0.2) is 63.2 Å². The molecule has 11 heteroatoms. The third-order valence-electron chi connectivity index (χ3n) is 8.88. The quantitative estimate of drug-likeness (QED) is 0.263. The summed E-state index contributed by atoms with van der Waals surface area (Å²) in [5, 5.41) is 7.15. The van der Waals surface area contributed by atoms with Crippen molar-refractivity contribution in [2.45, 2.75) is 38.8 Å². The number of carbonyl (C=O) groups is 2. The molecule has 11 nitrogen and oxygen atoms in total. The highest BCUT2D eigenvalue weighted by atomic mass is 16.5. The van der Waals surface area contributed by atoms with Crippen LogP contribution < -0.4 is 35.0 Å². The first-order valence-electron chi connectivity index (χ1n) is 15.2. The molecule has 2 amide bonds. The fourth-order valence-corrected chi connectivity index (χ4v) is 6.67. The lowest BCUT2D eigenvalue weighted by molar-refractivity contribution is -0.130. The molecule has 240 valence electrons. The van der Waals surface area contributed by atoms with E-state index in [2.05, 4.69) is 15.6 Å². The van der Waals surface area contributed by atoms with Gasteiger partial charge in [0.25, 0.3) is 0 Å². The van der Waals surface area contributed by atoms with E-state index in [-0.39, 0.29) is 29.5 Å². The molecule has 0 spiro atoms. The van der Waals surface area contributed by atoms with Crippen LogP contribution in [0.1, 0.15) is 41.8 Å². The van der Waals surface area contributed by atoms with E-state index in [9.17, 15) is 14.4 Å². The highest BCUT2D eigenvalue weighted by Gasteiger charge is 2.30. The zero-order valence-corrected chi connectivity index (χ0v) is 26.7. The summed E-state index contributed by atoms with van der Waals surface area (Å²) < 4.78 is 22.5. The lowest BCUT2D eigenvalue weighted by Crippen LogP contribution is -2.39. The molecule has 1 aliphatic carbocycles. The number of rotatable bonds is 8. The predicted octanol–water partition coefficient (Wildman–Crippen LogP) is 4.35. The minimum atomic E-state index is -0.423. The fraction of sp³-hybridized carbons (Fsp3) is 0.343.